The molecule has 0 aliphatic heterocycles. The average Bonchev–Trinajstić information content (AvgIpc) is 3.03. The van der Waals surface area contributed by atoms with Crippen molar-refractivity contribution in [2.24, 2.45) is 0 Å². The van der Waals surface area contributed by atoms with Crippen LogP contribution in [-0.2, 0) is 17.5 Å². The number of rotatable bonds is 5. The standard InChI is InChI=1S/C11H11F3N6O4/c1-5-8(9(17-16-5)11(12,13)14)15-7(21)4-19-3-6(20(22)23)10(18-19)24-2/h3H,4H2,1-2H3,(H,15,21)(H,16,17). The number of halogens is 3. The van der Waals surface area contributed by atoms with E-state index in [1.54, 1.807) is 0 Å². The third-order valence-electron chi connectivity index (χ3n) is 2.89. The highest BCUT2D eigenvalue weighted by Crippen LogP contribution is 2.34. The first-order valence-electron chi connectivity index (χ1n) is 6.31. The molecule has 0 saturated carbocycles. The number of hydrogen-bond donors (Lipinski definition) is 2. The highest BCUT2D eigenvalue weighted by molar-refractivity contribution is 5.91. The number of hydrogen-bond acceptors (Lipinski definition) is 6. The van der Waals surface area contributed by atoms with Crippen LogP contribution in [-0.4, -0.2) is 37.9 Å². The lowest BCUT2D eigenvalue weighted by molar-refractivity contribution is -0.385. The molecule has 0 atom stereocenters. The van der Waals surface area contributed by atoms with E-state index in [1.165, 1.54) is 6.92 Å². The Balaban J connectivity index is 2.18. The molecule has 2 aromatic rings. The Morgan fingerprint density at radius 1 is 1.54 bits per heavy atom. The molecule has 2 aromatic heterocycles. The Labute approximate surface area is 131 Å². The van der Waals surface area contributed by atoms with E-state index in [4.69, 9.17) is 0 Å². The van der Waals surface area contributed by atoms with Crippen molar-refractivity contribution in [2.45, 2.75) is 19.6 Å². The molecule has 0 bridgehead atoms. The summed E-state index contributed by atoms with van der Waals surface area (Å²) < 4.78 is 43.9. The Morgan fingerprint density at radius 2 is 2.21 bits per heavy atom. The molecule has 2 N–H and O–H groups in total. The number of H-pyrrole nitrogens is 1. The number of aromatic nitrogens is 4. The number of aryl methyl sites for hydroxylation is 1. The number of carbonyl (C=O) groups is 1. The second-order valence-corrected chi connectivity index (χ2v) is 4.60. The van der Waals surface area contributed by atoms with E-state index in [-0.39, 0.29) is 11.6 Å². The van der Waals surface area contributed by atoms with E-state index in [0.717, 1.165) is 18.0 Å². The summed E-state index contributed by atoms with van der Waals surface area (Å²) in [6.45, 7) is 0.756. The fourth-order valence-corrected chi connectivity index (χ4v) is 1.86. The van der Waals surface area contributed by atoms with Crippen molar-refractivity contribution in [3.8, 4) is 5.88 Å². The summed E-state index contributed by atoms with van der Waals surface area (Å²) >= 11 is 0. The van der Waals surface area contributed by atoms with Crippen molar-refractivity contribution >= 4 is 17.3 Å². The van der Waals surface area contributed by atoms with Gasteiger partial charge in [-0.1, -0.05) is 0 Å². The number of anilines is 1. The van der Waals surface area contributed by atoms with Crippen LogP contribution in [0.15, 0.2) is 6.20 Å². The van der Waals surface area contributed by atoms with Gasteiger partial charge in [0.25, 0.3) is 0 Å². The maximum Gasteiger partial charge on any atom is 0.437 e. The minimum absolute atomic E-state index is 0.0136. The third-order valence-corrected chi connectivity index (χ3v) is 2.89. The van der Waals surface area contributed by atoms with Crippen LogP contribution in [0.1, 0.15) is 11.4 Å². The zero-order valence-electron chi connectivity index (χ0n) is 12.3. The van der Waals surface area contributed by atoms with Gasteiger partial charge >= 0.3 is 17.7 Å². The van der Waals surface area contributed by atoms with Gasteiger partial charge in [-0.15, -0.1) is 5.10 Å². The first kappa shape index (κ1) is 17.2. The van der Waals surface area contributed by atoms with Crippen molar-refractivity contribution in [3.63, 3.8) is 0 Å². The van der Waals surface area contributed by atoms with E-state index in [2.05, 4.69) is 25.3 Å². The molecule has 24 heavy (non-hydrogen) atoms. The molecule has 130 valence electrons. The summed E-state index contributed by atoms with van der Waals surface area (Å²) in [5.41, 5.74) is -2.24. The highest BCUT2D eigenvalue weighted by Gasteiger charge is 2.38. The van der Waals surface area contributed by atoms with Gasteiger partial charge in [-0.3, -0.25) is 24.7 Å². The van der Waals surface area contributed by atoms with Gasteiger partial charge in [-0.2, -0.15) is 18.3 Å². The van der Waals surface area contributed by atoms with Gasteiger partial charge < -0.3 is 10.1 Å². The maximum atomic E-state index is 12.8. The molecule has 0 unspecified atom stereocenters. The molecule has 1 amide bonds. The number of ether oxygens (including phenoxy) is 1. The SMILES string of the molecule is COc1nn(CC(=O)Nc2c(C(F)(F)F)n[nH]c2C)cc1[N+](=O)[O-]. The third kappa shape index (κ3) is 3.44. The Kier molecular flexibility index (Phi) is 4.43. The van der Waals surface area contributed by atoms with E-state index in [0.29, 0.717) is 0 Å². The number of nitrogens with one attached hydrogen (secondary N) is 2. The van der Waals surface area contributed by atoms with Crippen molar-refractivity contribution < 1.29 is 27.6 Å². The number of nitro groups is 1. The van der Waals surface area contributed by atoms with Gasteiger partial charge in [0.2, 0.25) is 5.91 Å². The van der Waals surface area contributed by atoms with Crippen LogP contribution in [0.2, 0.25) is 0 Å². The zero-order valence-corrected chi connectivity index (χ0v) is 12.3. The fraction of sp³-hybridized carbons (Fsp3) is 0.364. The molecule has 10 nitrogen and oxygen atoms in total. The van der Waals surface area contributed by atoms with E-state index in [1.807, 2.05) is 0 Å². The summed E-state index contributed by atoms with van der Waals surface area (Å²) in [5, 5.41) is 21.7. The predicted octanol–water partition coefficient (Wildman–Crippen LogP) is 1.49. The van der Waals surface area contributed by atoms with Crippen LogP contribution >= 0.6 is 0 Å². The van der Waals surface area contributed by atoms with Gasteiger partial charge in [-0.05, 0) is 6.92 Å². The van der Waals surface area contributed by atoms with E-state index < -0.39 is 40.6 Å². The normalized spacial score (nSPS) is 11.4. The van der Waals surface area contributed by atoms with Crippen LogP contribution in [0.5, 0.6) is 5.88 Å². The maximum absolute atomic E-state index is 12.8. The summed E-state index contributed by atoms with van der Waals surface area (Å²) in [4.78, 5) is 21.9. The largest absolute Gasteiger partial charge is 0.475 e. The van der Waals surface area contributed by atoms with Crippen molar-refractivity contribution in [1.82, 2.24) is 20.0 Å². The van der Waals surface area contributed by atoms with E-state index >= 15 is 0 Å². The molecular weight excluding hydrogens is 337 g/mol. The molecule has 0 spiro atoms. The second-order valence-electron chi connectivity index (χ2n) is 4.60. The predicted molar refractivity (Wildman–Crippen MR) is 72.4 cm³/mol. The second kappa shape index (κ2) is 6.17. The summed E-state index contributed by atoms with van der Waals surface area (Å²) in [6.07, 6.45) is -3.81. The number of aromatic amines is 1. The lowest BCUT2D eigenvalue weighted by Crippen LogP contribution is -2.21. The van der Waals surface area contributed by atoms with Crippen molar-refractivity contribution in [3.05, 3.63) is 27.7 Å². The molecule has 0 saturated heterocycles. The number of nitrogens with zero attached hydrogens (tertiary/aromatic N) is 4. The Morgan fingerprint density at radius 3 is 2.71 bits per heavy atom. The molecule has 2 rings (SSSR count). The molecule has 2 heterocycles. The van der Waals surface area contributed by atoms with Crippen LogP contribution < -0.4 is 10.1 Å². The number of amides is 1. The fourth-order valence-electron chi connectivity index (χ4n) is 1.86. The zero-order chi connectivity index (χ0) is 18.1. The van der Waals surface area contributed by atoms with Crippen molar-refractivity contribution in [1.29, 1.82) is 0 Å². The van der Waals surface area contributed by atoms with E-state index in [9.17, 15) is 28.1 Å². The van der Waals surface area contributed by atoms with Crippen molar-refractivity contribution in [2.75, 3.05) is 12.4 Å². The molecule has 0 aromatic carbocycles. The number of carbonyl (C=O) groups excluding carboxylic acids is 1. The molecule has 0 aliphatic rings. The number of alkyl halides is 3. The molecule has 13 heteroatoms. The van der Waals surface area contributed by atoms with Gasteiger partial charge in [0.15, 0.2) is 5.69 Å². The summed E-state index contributed by atoms with van der Waals surface area (Å²) in [5.74, 6) is -1.19. The van der Waals surface area contributed by atoms with Crippen LogP contribution in [0.3, 0.4) is 0 Å². The van der Waals surface area contributed by atoms with Gasteiger partial charge in [0.1, 0.15) is 12.7 Å². The first-order valence-corrected chi connectivity index (χ1v) is 6.31. The van der Waals surface area contributed by atoms with Gasteiger partial charge in [-0.25, -0.2) is 0 Å². The minimum Gasteiger partial charge on any atom is -0.475 e. The quantitative estimate of drug-likeness (QED) is 0.622. The molecule has 0 fully saturated rings. The van der Waals surface area contributed by atoms with Gasteiger partial charge in [0.05, 0.1) is 23.4 Å². The smallest absolute Gasteiger partial charge is 0.437 e. The average molecular weight is 348 g/mol. The monoisotopic (exact) mass is 348 g/mol. The molecule has 0 aliphatic carbocycles. The van der Waals surface area contributed by atoms with Crippen LogP contribution in [0, 0.1) is 17.0 Å². The topological polar surface area (TPSA) is 128 Å². The number of methoxy groups -OCH3 is 1. The minimum atomic E-state index is -4.75. The summed E-state index contributed by atoms with van der Waals surface area (Å²) in [7, 11) is 1.16. The van der Waals surface area contributed by atoms with Crippen LogP contribution in [0.25, 0.3) is 0 Å². The lowest BCUT2D eigenvalue weighted by Gasteiger charge is -2.08. The lowest BCUT2D eigenvalue weighted by atomic mass is 10.3. The summed E-state index contributed by atoms with van der Waals surface area (Å²) in [6, 6.07) is 0. The Hall–Kier alpha value is -3.12. The van der Waals surface area contributed by atoms with Crippen LogP contribution in [0.4, 0.5) is 24.5 Å². The molecule has 0 radical (unpaired) electrons. The highest BCUT2D eigenvalue weighted by atomic mass is 19.4. The first-order chi connectivity index (χ1) is 11.1. The Bertz CT molecular complexity index is 781. The molecular formula is C11H11F3N6O4. The van der Waals surface area contributed by atoms with Gasteiger partial charge in [0, 0.05) is 0 Å².